The number of hydrogen-bond acceptors (Lipinski definition) is 7. The molecule has 1 aromatic rings. The SMILES string of the molecule is Cc1cn([C@H]2C[C@@H]3O[C@@](CN)(P(=O)(O)O)OC[C@H]3O2)c(=O)[nH]c1=O. The lowest BCUT2D eigenvalue weighted by Gasteiger charge is -2.40. The smallest absolute Gasteiger partial charge is 0.349 e. The molecule has 0 aliphatic carbocycles. The van der Waals surface area contributed by atoms with Crippen LogP contribution < -0.4 is 17.0 Å². The van der Waals surface area contributed by atoms with Gasteiger partial charge in [-0.1, -0.05) is 0 Å². The summed E-state index contributed by atoms with van der Waals surface area (Å²) in [5.41, 5.74) is 2.42. The predicted octanol–water partition coefficient (Wildman–Crippen LogP) is -1.66. The highest BCUT2D eigenvalue weighted by molar-refractivity contribution is 7.53. The molecule has 3 rings (SSSR count). The molecule has 0 aromatic carbocycles. The van der Waals surface area contributed by atoms with Crippen molar-refractivity contribution in [1.82, 2.24) is 9.55 Å². The molecule has 11 nitrogen and oxygen atoms in total. The third-order valence-corrected chi connectivity index (χ3v) is 5.45. The third-order valence-electron chi connectivity index (χ3n) is 4.15. The Morgan fingerprint density at radius 2 is 2.17 bits per heavy atom. The van der Waals surface area contributed by atoms with Crippen LogP contribution in [0.1, 0.15) is 18.2 Å². The van der Waals surface area contributed by atoms with Gasteiger partial charge in [-0.15, -0.1) is 0 Å². The Morgan fingerprint density at radius 1 is 1.46 bits per heavy atom. The lowest BCUT2D eigenvalue weighted by molar-refractivity contribution is -0.269. The summed E-state index contributed by atoms with van der Waals surface area (Å²) in [6, 6.07) is 0. The third kappa shape index (κ3) is 2.78. The van der Waals surface area contributed by atoms with E-state index in [2.05, 4.69) is 4.98 Å². The van der Waals surface area contributed by atoms with Crippen LogP contribution in [-0.4, -0.2) is 50.2 Å². The number of hydrogen-bond donors (Lipinski definition) is 4. The highest BCUT2D eigenvalue weighted by Gasteiger charge is 2.57. The first-order chi connectivity index (χ1) is 11.2. The minimum absolute atomic E-state index is 0.138. The summed E-state index contributed by atoms with van der Waals surface area (Å²) in [5, 5.41) is 0. The van der Waals surface area contributed by atoms with Crippen LogP contribution in [-0.2, 0) is 18.8 Å². The topological polar surface area (TPSA) is 166 Å². The quantitative estimate of drug-likeness (QED) is 0.460. The van der Waals surface area contributed by atoms with Gasteiger partial charge in [0.05, 0.1) is 19.3 Å². The summed E-state index contributed by atoms with van der Waals surface area (Å²) in [6.45, 7) is 0.882. The number of H-pyrrole nitrogens is 1. The van der Waals surface area contributed by atoms with Crippen molar-refractivity contribution in [3.63, 3.8) is 0 Å². The Bertz CT molecular complexity index is 800. The van der Waals surface area contributed by atoms with Gasteiger partial charge in [0.1, 0.15) is 12.3 Å². The highest BCUT2D eigenvalue weighted by atomic mass is 31.2. The van der Waals surface area contributed by atoms with Gasteiger partial charge in [-0.2, -0.15) is 0 Å². The summed E-state index contributed by atoms with van der Waals surface area (Å²) in [5.74, 6) is 0. The molecular formula is C12H18N3O8P. The average Bonchev–Trinajstić information content (AvgIpc) is 2.91. The summed E-state index contributed by atoms with van der Waals surface area (Å²) >= 11 is 0. The van der Waals surface area contributed by atoms with Crippen LogP contribution in [0.5, 0.6) is 0 Å². The number of fused-ring (bicyclic) bond motifs is 1. The van der Waals surface area contributed by atoms with Gasteiger partial charge in [0.2, 0.25) is 0 Å². The van der Waals surface area contributed by atoms with E-state index in [4.69, 9.17) is 19.9 Å². The van der Waals surface area contributed by atoms with Crippen molar-refractivity contribution in [3.05, 3.63) is 32.6 Å². The van der Waals surface area contributed by atoms with Crippen molar-refractivity contribution >= 4 is 7.60 Å². The van der Waals surface area contributed by atoms with Crippen LogP contribution in [0, 0.1) is 6.92 Å². The number of aromatic nitrogens is 2. The first kappa shape index (κ1) is 17.5. The fourth-order valence-corrected chi connectivity index (χ4v) is 3.56. The molecule has 12 heteroatoms. The molecule has 2 saturated heterocycles. The second-order valence-corrected chi connectivity index (χ2v) is 7.54. The molecule has 0 saturated carbocycles. The van der Waals surface area contributed by atoms with Crippen LogP contribution in [0.4, 0.5) is 0 Å². The van der Waals surface area contributed by atoms with Gasteiger partial charge in [-0.05, 0) is 6.92 Å². The van der Waals surface area contributed by atoms with Crippen LogP contribution in [0.3, 0.4) is 0 Å². The number of ether oxygens (including phenoxy) is 3. The van der Waals surface area contributed by atoms with Gasteiger partial charge < -0.3 is 29.7 Å². The summed E-state index contributed by atoms with van der Waals surface area (Å²) < 4.78 is 29.1. The Hall–Kier alpha value is -1.33. The maximum absolute atomic E-state index is 11.9. The highest BCUT2D eigenvalue weighted by Crippen LogP contribution is 2.55. The average molecular weight is 363 g/mol. The van der Waals surface area contributed by atoms with Gasteiger partial charge in [0.25, 0.3) is 11.1 Å². The minimum Gasteiger partial charge on any atom is -0.349 e. The monoisotopic (exact) mass is 363 g/mol. The molecule has 0 bridgehead atoms. The molecule has 0 spiro atoms. The van der Waals surface area contributed by atoms with Gasteiger partial charge in [-0.3, -0.25) is 18.9 Å². The van der Waals surface area contributed by atoms with Gasteiger partial charge in [0.15, 0.2) is 0 Å². The molecular weight excluding hydrogens is 345 g/mol. The number of nitrogens with zero attached hydrogens (tertiary/aromatic N) is 1. The zero-order valence-electron chi connectivity index (χ0n) is 12.7. The van der Waals surface area contributed by atoms with Gasteiger partial charge in [-0.25, -0.2) is 4.79 Å². The predicted molar refractivity (Wildman–Crippen MR) is 79.2 cm³/mol. The number of aryl methyl sites for hydroxylation is 1. The van der Waals surface area contributed by atoms with E-state index in [0.29, 0.717) is 5.56 Å². The molecule has 5 N–H and O–H groups in total. The summed E-state index contributed by atoms with van der Waals surface area (Å²) in [4.78, 5) is 44.5. The first-order valence-electron chi connectivity index (χ1n) is 7.22. The molecule has 4 atom stereocenters. The van der Waals surface area contributed by atoms with Crippen molar-refractivity contribution in [3.8, 4) is 0 Å². The van der Waals surface area contributed by atoms with E-state index < -0.39 is 49.4 Å². The fraction of sp³-hybridized carbons (Fsp3) is 0.667. The van der Waals surface area contributed by atoms with E-state index in [1.807, 2.05) is 0 Å². The first-order valence-corrected chi connectivity index (χ1v) is 8.83. The molecule has 2 fully saturated rings. The molecule has 0 radical (unpaired) electrons. The zero-order valence-corrected chi connectivity index (χ0v) is 13.6. The molecule has 2 aliphatic rings. The summed E-state index contributed by atoms with van der Waals surface area (Å²) in [7, 11) is -4.78. The number of rotatable bonds is 3. The number of aromatic amines is 1. The van der Waals surface area contributed by atoms with Crippen LogP contribution in [0.2, 0.25) is 0 Å². The fourth-order valence-electron chi connectivity index (χ4n) is 2.81. The number of nitrogens with two attached hydrogens (primary N) is 1. The molecule has 134 valence electrons. The second-order valence-electron chi connectivity index (χ2n) is 5.77. The molecule has 24 heavy (non-hydrogen) atoms. The van der Waals surface area contributed by atoms with Crippen molar-refractivity contribution in [2.75, 3.05) is 13.2 Å². The number of nitrogens with one attached hydrogen (secondary N) is 1. The molecule has 0 unspecified atom stereocenters. The van der Waals surface area contributed by atoms with Crippen molar-refractivity contribution < 1.29 is 28.6 Å². The Morgan fingerprint density at radius 3 is 2.79 bits per heavy atom. The van der Waals surface area contributed by atoms with Gasteiger partial charge >= 0.3 is 13.3 Å². The summed E-state index contributed by atoms with van der Waals surface area (Å²) in [6.07, 6.45) is -0.555. The Labute approximate surface area is 135 Å². The normalized spacial score (nSPS) is 33.4. The van der Waals surface area contributed by atoms with Crippen molar-refractivity contribution in [2.45, 2.75) is 37.3 Å². The minimum atomic E-state index is -4.78. The van der Waals surface area contributed by atoms with E-state index in [1.165, 1.54) is 10.8 Å². The van der Waals surface area contributed by atoms with E-state index in [0.717, 1.165) is 0 Å². The molecule has 0 amide bonds. The molecule has 2 aliphatic heterocycles. The Balaban J connectivity index is 1.86. The molecule has 3 heterocycles. The lowest BCUT2D eigenvalue weighted by Crippen LogP contribution is -2.53. The zero-order chi connectivity index (χ0) is 17.7. The maximum atomic E-state index is 11.9. The Kier molecular flexibility index (Phi) is 4.29. The van der Waals surface area contributed by atoms with Crippen LogP contribution in [0.15, 0.2) is 15.8 Å². The van der Waals surface area contributed by atoms with Crippen molar-refractivity contribution in [2.24, 2.45) is 5.73 Å². The van der Waals surface area contributed by atoms with Crippen molar-refractivity contribution in [1.29, 1.82) is 0 Å². The van der Waals surface area contributed by atoms with E-state index in [-0.39, 0.29) is 13.0 Å². The van der Waals surface area contributed by atoms with Crippen LogP contribution >= 0.6 is 7.60 Å². The van der Waals surface area contributed by atoms with Crippen LogP contribution in [0.25, 0.3) is 0 Å². The second kappa shape index (κ2) is 5.88. The van der Waals surface area contributed by atoms with E-state index >= 15 is 0 Å². The van der Waals surface area contributed by atoms with E-state index in [1.54, 1.807) is 6.92 Å². The van der Waals surface area contributed by atoms with Gasteiger partial charge in [0, 0.05) is 18.2 Å². The standard InChI is InChI=1S/C12H18N3O8P/c1-6-3-15(11(17)14-10(6)16)9-2-7-8(22-9)4-21-12(5-13,23-7)24(18,19)20/h3,7-9H,2,4-5,13H2,1H3,(H,14,16,17)(H2,18,19,20)/t7-,8+,9+,12-/m0/s1. The molecule has 1 aromatic heterocycles. The maximum Gasteiger partial charge on any atom is 0.386 e. The van der Waals surface area contributed by atoms with E-state index in [9.17, 15) is 23.9 Å². The lowest BCUT2D eigenvalue weighted by atomic mass is 10.1. The largest absolute Gasteiger partial charge is 0.386 e.